The van der Waals surface area contributed by atoms with E-state index in [-0.39, 0.29) is 24.0 Å². The lowest BCUT2D eigenvalue weighted by Crippen LogP contribution is -2.39. The molecule has 0 fully saturated rings. The van der Waals surface area contributed by atoms with Gasteiger partial charge in [-0.05, 0) is 36.1 Å². The van der Waals surface area contributed by atoms with Crippen LogP contribution in [0.5, 0.6) is 0 Å². The second kappa shape index (κ2) is 11.1. The minimum atomic E-state index is 0. The van der Waals surface area contributed by atoms with Crippen molar-refractivity contribution < 1.29 is 4.42 Å². The van der Waals surface area contributed by atoms with Crippen molar-refractivity contribution >= 4 is 41.7 Å². The molecule has 2 heterocycles. The summed E-state index contributed by atoms with van der Waals surface area (Å²) >= 11 is 1.75. The van der Waals surface area contributed by atoms with Gasteiger partial charge in [0.25, 0.3) is 0 Å². The Hall–Kier alpha value is -2.01. The van der Waals surface area contributed by atoms with Crippen LogP contribution in [0.15, 0.2) is 57.0 Å². The molecule has 150 valence electrons. The van der Waals surface area contributed by atoms with Crippen LogP contribution in [0, 0.1) is 0 Å². The minimum absolute atomic E-state index is 0. The molecule has 28 heavy (non-hydrogen) atoms. The molecule has 0 atom stereocenters. The Morgan fingerprint density at radius 1 is 1.29 bits per heavy atom. The first-order valence-corrected chi connectivity index (χ1v) is 9.92. The van der Waals surface area contributed by atoms with Gasteiger partial charge in [-0.3, -0.25) is 10.1 Å². The predicted molar refractivity (Wildman–Crippen MR) is 124 cm³/mol. The molecule has 3 rings (SSSR count). The maximum atomic E-state index is 5.31. The standard InChI is InChI=1S/C19H24N6OS.HI/c1-20-19(25(2)13-14-6-8-15(27-3)9-7-14)21-11-10-17-22-18(24-23-17)16-5-4-12-26-16;/h4-9,12H,10-11,13H2,1-3H3,(H,20,21)(H,22,23,24);1H. The topological polar surface area (TPSA) is 82.3 Å². The third-order valence-electron chi connectivity index (χ3n) is 4.07. The van der Waals surface area contributed by atoms with E-state index in [2.05, 4.69) is 60.9 Å². The second-order valence-electron chi connectivity index (χ2n) is 6.01. The Morgan fingerprint density at radius 2 is 2.07 bits per heavy atom. The molecule has 0 bridgehead atoms. The van der Waals surface area contributed by atoms with Crippen molar-refractivity contribution in [2.75, 3.05) is 26.9 Å². The molecule has 1 aromatic carbocycles. The van der Waals surface area contributed by atoms with Crippen LogP contribution >= 0.6 is 35.7 Å². The summed E-state index contributed by atoms with van der Waals surface area (Å²) in [5.41, 5.74) is 1.25. The van der Waals surface area contributed by atoms with Gasteiger partial charge in [-0.25, -0.2) is 4.98 Å². The van der Waals surface area contributed by atoms with Crippen molar-refractivity contribution in [3.63, 3.8) is 0 Å². The highest BCUT2D eigenvalue weighted by Gasteiger charge is 2.10. The summed E-state index contributed by atoms with van der Waals surface area (Å²) in [6.07, 6.45) is 4.41. The van der Waals surface area contributed by atoms with E-state index in [0.717, 1.165) is 18.3 Å². The summed E-state index contributed by atoms with van der Waals surface area (Å²) < 4.78 is 5.31. The number of aromatic nitrogens is 3. The Balaban J connectivity index is 0.00000280. The summed E-state index contributed by atoms with van der Waals surface area (Å²) in [6.45, 7) is 1.49. The average Bonchev–Trinajstić information content (AvgIpc) is 3.37. The summed E-state index contributed by atoms with van der Waals surface area (Å²) in [5, 5.41) is 10.5. The Morgan fingerprint density at radius 3 is 2.71 bits per heavy atom. The van der Waals surface area contributed by atoms with E-state index in [0.29, 0.717) is 24.6 Å². The van der Waals surface area contributed by atoms with Gasteiger partial charge in [-0.2, -0.15) is 5.10 Å². The van der Waals surface area contributed by atoms with E-state index in [1.54, 1.807) is 25.1 Å². The number of aromatic amines is 1. The quantitative estimate of drug-likeness (QED) is 0.218. The zero-order valence-corrected chi connectivity index (χ0v) is 19.3. The second-order valence-corrected chi connectivity index (χ2v) is 6.89. The number of thioether (sulfide) groups is 1. The first-order valence-electron chi connectivity index (χ1n) is 8.69. The van der Waals surface area contributed by atoms with Gasteiger partial charge in [0.15, 0.2) is 11.7 Å². The lowest BCUT2D eigenvalue weighted by atomic mass is 10.2. The Bertz CT molecular complexity index is 863. The maximum Gasteiger partial charge on any atom is 0.216 e. The van der Waals surface area contributed by atoms with Gasteiger partial charge < -0.3 is 14.6 Å². The zero-order chi connectivity index (χ0) is 19.1. The van der Waals surface area contributed by atoms with E-state index >= 15 is 0 Å². The van der Waals surface area contributed by atoms with Crippen LogP contribution in [-0.2, 0) is 13.0 Å². The van der Waals surface area contributed by atoms with Crippen molar-refractivity contribution in [2.45, 2.75) is 17.9 Å². The van der Waals surface area contributed by atoms with Gasteiger partial charge in [0.05, 0.1) is 6.26 Å². The Labute approximate surface area is 186 Å². The number of rotatable bonds is 7. The van der Waals surface area contributed by atoms with Crippen molar-refractivity contribution in [3.05, 3.63) is 54.0 Å². The molecule has 0 radical (unpaired) electrons. The van der Waals surface area contributed by atoms with Gasteiger partial charge in [-0.1, -0.05) is 12.1 Å². The third-order valence-corrected chi connectivity index (χ3v) is 4.81. The van der Waals surface area contributed by atoms with Crippen molar-refractivity contribution in [1.82, 2.24) is 25.4 Å². The molecule has 0 amide bonds. The fourth-order valence-electron chi connectivity index (χ4n) is 2.68. The van der Waals surface area contributed by atoms with Gasteiger partial charge in [-0.15, -0.1) is 35.7 Å². The molecule has 0 spiro atoms. The number of aliphatic imine (C=N–C) groups is 1. The van der Waals surface area contributed by atoms with Crippen LogP contribution in [0.2, 0.25) is 0 Å². The maximum absolute atomic E-state index is 5.31. The van der Waals surface area contributed by atoms with E-state index in [9.17, 15) is 0 Å². The monoisotopic (exact) mass is 512 g/mol. The highest BCUT2D eigenvalue weighted by atomic mass is 127. The summed E-state index contributed by atoms with van der Waals surface area (Å²) in [7, 11) is 3.82. The van der Waals surface area contributed by atoms with E-state index in [1.807, 2.05) is 19.2 Å². The smallest absolute Gasteiger partial charge is 0.216 e. The molecule has 9 heteroatoms. The van der Waals surface area contributed by atoms with Crippen molar-refractivity contribution in [3.8, 4) is 11.6 Å². The molecule has 0 unspecified atom stereocenters. The van der Waals surface area contributed by atoms with Crippen LogP contribution < -0.4 is 5.32 Å². The number of guanidine groups is 1. The van der Waals surface area contributed by atoms with Gasteiger partial charge in [0, 0.05) is 38.5 Å². The summed E-state index contributed by atoms with van der Waals surface area (Å²) in [6, 6.07) is 12.3. The molecule has 0 aliphatic carbocycles. The third kappa shape index (κ3) is 5.99. The molecule has 2 aromatic heterocycles. The number of nitrogens with zero attached hydrogens (tertiary/aromatic N) is 4. The number of H-pyrrole nitrogens is 1. The fourth-order valence-corrected chi connectivity index (χ4v) is 3.09. The largest absolute Gasteiger partial charge is 0.461 e. The Kier molecular flexibility index (Phi) is 8.84. The minimum Gasteiger partial charge on any atom is -0.461 e. The summed E-state index contributed by atoms with van der Waals surface area (Å²) in [4.78, 5) is 12.2. The van der Waals surface area contributed by atoms with Crippen LogP contribution in [0.25, 0.3) is 11.6 Å². The molecule has 0 aliphatic heterocycles. The molecular weight excluding hydrogens is 487 g/mol. The molecule has 3 aromatic rings. The first kappa shape index (κ1) is 22.3. The molecule has 0 saturated carbocycles. The molecule has 2 N–H and O–H groups in total. The van der Waals surface area contributed by atoms with Crippen LogP contribution in [0.4, 0.5) is 0 Å². The fraction of sp³-hybridized carbons (Fsp3) is 0.316. The van der Waals surface area contributed by atoms with Crippen LogP contribution in [0.1, 0.15) is 11.4 Å². The van der Waals surface area contributed by atoms with Gasteiger partial charge in [0.1, 0.15) is 5.82 Å². The van der Waals surface area contributed by atoms with E-state index < -0.39 is 0 Å². The number of halogens is 1. The number of benzene rings is 1. The molecule has 0 aliphatic rings. The molecule has 0 saturated heterocycles. The van der Waals surface area contributed by atoms with Crippen molar-refractivity contribution in [1.29, 1.82) is 0 Å². The number of nitrogens with one attached hydrogen (secondary N) is 2. The SMILES string of the molecule is CN=C(NCCc1nc(-c2ccco2)n[nH]1)N(C)Cc1ccc(SC)cc1.I. The van der Waals surface area contributed by atoms with Crippen molar-refractivity contribution in [2.24, 2.45) is 4.99 Å². The van der Waals surface area contributed by atoms with Gasteiger partial charge in [0.2, 0.25) is 5.82 Å². The first-order chi connectivity index (χ1) is 13.2. The normalized spacial score (nSPS) is 11.2. The highest BCUT2D eigenvalue weighted by molar-refractivity contribution is 14.0. The number of hydrogen-bond donors (Lipinski definition) is 2. The average molecular weight is 512 g/mol. The van der Waals surface area contributed by atoms with E-state index in [4.69, 9.17) is 4.42 Å². The molecular formula is C19H25IN6OS. The lowest BCUT2D eigenvalue weighted by molar-refractivity contribution is 0.476. The zero-order valence-electron chi connectivity index (χ0n) is 16.2. The predicted octanol–water partition coefficient (Wildman–Crippen LogP) is 3.65. The van der Waals surface area contributed by atoms with Crippen LogP contribution in [0.3, 0.4) is 0 Å². The van der Waals surface area contributed by atoms with E-state index in [1.165, 1.54) is 10.5 Å². The number of furan rings is 1. The van der Waals surface area contributed by atoms with Crippen LogP contribution in [-0.4, -0.2) is 52.9 Å². The molecule has 7 nitrogen and oxygen atoms in total. The number of hydrogen-bond acceptors (Lipinski definition) is 5. The lowest BCUT2D eigenvalue weighted by Gasteiger charge is -2.22. The summed E-state index contributed by atoms with van der Waals surface area (Å²) in [5.74, 6) is 2.88. The van der Waals surface area contributed by atoms with Gasteiger partial charge >= 0.3 is 0 Å². The highest BCUT2D eigenvalue weighted by Crippen LogP contribution is 2.16.